The predicted octanol–water partition coefficient (Wildman–Crippen LogP) is 5.82. The summed E-state index contributed by atoms with van der Waals surface area (Å²) in [5.41, 5.74) is 0. The molecule has 8 heteroatoms. The van der Waals surface area contributed by atoms with Crippen LogP contribution in [0.4, 0.5) is 0 Å². The van der Waals surface area contributed by atoms with Crippen molar-refractivity contribution in [2.75, 3.05) is 0 Å². The molecule has 0 radical (unpaired) electrons. The first-order valence-corrected chi connectivity index (χ1v) is 25.1. The zero-order valence-electron chi connectivity index (χ0n) is 3.79. The van der Waals surface area contributed by atoms with Crippen molar-refractivity contribution in [2.24, 2.45) is 0 Å². The van der Waals surface area contributed by atoms with E-state index in [-0.39, 0.29) is 15.1 Å². The first-order chi connectivity index (χ1) is 3.74. The van der Waals surface area contributed by atoms with Gasteiger partial charge in [0.2, 0.25) is 0 Å². The molecule has 0 aromatic heterocycles. The molecule has 6 aliphatic rings. The summed E-state index contributed by atoms with van der Waals surface area (Å²) in [5, 5.41) is -0.0456. The van der Waals surface area contributed by atoms with Gasteiger partial charge in [-0.2, -0.15) is 0 Å². The fourth-order valence-corrected chi connectivity index (χ4v) is 793. The molecule has 6 aliphatic heterocycles. The number of hydrogen-bond acceptors (Lipinski definition) is 0. The van der Waals surface area contributed by atoms with Gasteiger partial charge in [-0.1, -0.05) is 0 Å². The van der Waals surface area contributed by atoms with Crippen LogP contribution in [0.15, 0.2) is 0 Å². The van der Waals surface area contributed by atoms with Gasteiger partial charge in [-0.25, -0.2) is 0 Å². The van der Waals surface area contributed by atoms with Gasteiger partial charge < -0.3 is 0 Å². The van der Waals surface area contributed by atoms with Crippen molar-refractivity contribution >= 4 is 54.0 Å². The van der Waals surface area contributed by atoms with E-state index in [0.717, 1.165) is 6.99 Å². The molecule has 0 amide bonds. The van der Waals surface area contributed by atoms with E-state index >= 15 is 0 Å². The van der Waals surface area contributed by atoms with E-state index in [4.69, 9.17) is 0 Å². The van der Waals surface area contributed by atoms with E-state index in [9.17, 15) is 0 Å². The van der Waals surface area contributed by atoms with Gasteiger partial charge in [0.1, 0.15) is 0 Å². The van der Waals surface area contributed by atoms with Crippen molar-refractivity contribution in [3.05, 3.63) is 0 Å². The monoisotopic (exact) mass is 252 g/mol. The Labute approximate surface area is 54.1 Å². The summed E-state index contributed by atoms with van der Waals surface area (Å²) in [6.07, 6.45) is 0. The van der Waals surface area contributed by atoms with Gasteiger partial charge in [0.25, 0.3) is 0 Å². The Kier molecular flexibility index (Phi) is 0.328. The van der Waals surface area contributed by atoms with Gasteiger partial charge in [0.05, 0.1) is 0 Å². The first kappa shape index (κ1) is 4.61. The molecule has 0 bridgehead atoms. The molecule has 6 saturated heterocycles. The maximum absolute atomic E-state index is 1.88. The second kappa shape index (κ2) is 0.569. The Bertz CT molecular complexity index is 329. The summed E-state index contributed by atoms with van der Waals surface area (Å²) in [4.78, 5) is 0. The summed E-state index contributed by atoms with van der Waals surface area (Å²) in [5.74, 6) is 0. The third-order valence-corrected chi connectivity index (χ3v) is 300. The summed E-state index contributed by atoms with van der Waals surface area (Å²) in [6, 6.07) is 0. The Morgan fingerprint density at radius 3 is 1.62 bits per heavy atom. The van der Waals surface area contributed by atoms with E-state index in [2.05, 4.69) is 0 Å². The minimum atomic E-state index is -0.0443. The molecule has 3 spiro atoms. The average molecular weight is 252 g/mol. The predicted molar refractivity (Wildman–Crippen MR) is 60.9 cm³/mol. The molecule has 6 heterocycles. The Balaban J connectivity index is 2.35. The van der Waals surface area contributed by atoms with Crippen LogP contribution in [0, 0.1) is 0 Å². The molecule has 44 valence electrons. The first-order valence-electron chi connectivity index (χ1n) is 2.79. The van der Waals surface area contributed by atoms with E-state index < -0.39 is 0 Å². The molecule has 0 saturated carbocycles. The third kappa shape index (κ3) is 0.0921. The van der Waals surface area contributed by atoms with Gasteiger partial charge in [-0.3, -0.25) is 0 Å². The van der Waals surface area contributed by atoms with Crippen molar-refractivity contribution in [2.45, 2.75) is 0 Å². The van der Waals surface area contributed by atoms with Crippen molar-refractivity contribution in [1.29, 1.82) is 0 Å². The molecular weight excluding hydrogens is 248 g/mol. The molecule has 6 fully saturated rings. The van der Waals surface area contributed by atoms with Crippen LogP contribution in [0.5, 0.6) is 0 Å². The van der Waals surface area contributed by atoms with E-state index in [1.165, 1.54) is 0 Å². The topological polar surface area (TPSA) is 0 Å². The molecule has 6 rings (SSSR count). The molecule has 5 unspecified atom stereocenters. The van der Waals surface area contributed by atoms with Crippen LogP contribution >= 0.6 is 54.0 Å². The van der Waals surface area contributed by atoms with Crippen LogP contribution in [0.1, 0.15) is 0 Å². The summed E-state index contributed by atoms with van der Waals surface area (Å²) in [7, 11) is 7.46. The Morgan fingerprint density at radius 2 is 1.62 bits per heavy atom. The quantitative estimate of drug-likeness (QED) is 0.476. The molecule has 0 aliphatic carbocycles. The standard InChI is InChI=1S/H4P8/c1-5-7(1)2-6(7)3-8(5,6,7)4-6/h1-4H. The zero-order chi connectivity index (χ0) is 4.75. The van der Waals surface area contributed by atoms with E-state index in [1.807, 2.05) is 31.8 Å². The van der Waals surface area contributed by atoms with Crippen molar-refractivity contribution < 1.29 is 0 Å². The zero-order valence-corrected chi connectivity index (χ0v) is 11.4. The Hall–Kier alpha value is 3.44. The van der Waals surface area contributed by atoms with Gasteiger partial charge >= 0.3 is 54.0 Å². The molecule has 0 N–H and O–H groups in total. The molecule has 0 nitrogen and oxygen atoms in total. The van der Waals surface area contributed by atoms with Crippen LogP contribution in [-0.2, 0) is 0 Å². The fourth-order valence-electron chi connectivity index (χ4n) is 3.44. The number of rotatable bonds is 0. The Morgan fingerprint density at radius 1 is 1.00 bits per heavy atom. The van der Waals surface area contributed by atoms with Crippen molar-refractivity contribution in [3.8, 4) is 0 Å². The van der Waals surface area contributed by atoms with Crippen molar-refractivity contribution in [3.63, 3.8) is 0 Å². The molecule has 8 heavy (non-hydrogen) atoms. The van der Waals surface area contributed by atoms with Gasteiger partial charge in [-0.05, 0) is 0 Å². The summed E-state index contributed by atoms with van der Waals surface area (Å²) in [6.45, 7) is 1.15. The molecular formula is H4P8. The van der Waals surface area contributed by atoms with Crippen LogP contribution in [-0.4, -0.2) is 0 Å². The minimum absolute atomic E-state index is 0.000617. The second-order valence-corrected chi connectivity index (χ2v) is 99.2. The van der Waals surface area contributed by atoms with Crippen LogP contribution in [0.25, 0.3) is 0 Å². The summed E-state index contributed by atoms with van der Waals surface area (Å²) < 4.78 is 0. The van der Waals surface area contributed by atoms with Crippen molar-refractivity contribution in [1.82, 2.24) is 0 Å². The van der Waals surface area contributed by atoms with Crippen LogP contribution < -0.4 is 0 Å². The third-order valence-electron chi connectivity index (χ3n) is 4.09. The second-order valence-electron chi connectivity index (χ2n) is 3.67. The molecule has 0 aromatic carbocycles. The van der Waals surface area contributed by atoms with Gasteiger partial charge in [0, 0.05) is 0 Å². The van der Waals surface area contributed by atoms with Crippen LogP contribution in [0.2, 0.25) is 0 Å². The molecule has 5 atom stereocenters. The number of hydrogen-bond donors (Lipinski definition) is 0. The SMILES string of the molecule is P1P2P134PP315PP214P5. The fraction of sp³-hybridized carbons (Fsp3) is 0. The van der Waals surface area contributed by atoms with E-state index in [0.29, 0.717) is 0 Å². The van der Waals surface area contributed by atoms with E-state index in [1.54, 1.807) is 0 Å². The summed E-state index contributed by atoms with van der Waals surface area (Å²) >= 11 is 0. The average Bonchev–Trinajstić information content (AvgIpc) is 2.48. The maximum atomic E-state index is 1.88. The van der Waals surface area contributed by atoms with Crippen LogP contribution in [0.3, 0.4) is 0 Å². The van der Waals surface area contributed by atoms with Gasteiger partial charge in [0.15, 0.2) is 0 Å². The van der Waals surface area contributed by atoms with Gasteiger partial charge in [-0.15, -0.1) is 0 Å². The normalized spacial score (nSPS) is 112. The molecule has 0 aromatic rings.